The van der Waals surface area contributed by atoms with E-state index in [1.807, 2.05) is 36.4 Å². The Labute approximate surface area is 145 Å². The first-order chi connectivity index (χ1) is 12.2. The third-order valence-corrected chi connectivity index (χ3v) is 4.58. The molecule has 25 heavy (non-hydrogen) atoms. The van der Waals surface area contributed by atoms with Gasteiger partial charge in [-0.05, 0) is 24.5 Å². The average Bonchev–Trinajstić information content (AvgIpc) is 3.40. The molecule has 0 saturated heterocycles. The summed E-state index contributed by atoms with van der Waals surface area (Å²) in [6, 6.07) is 11.9. The van der Waals surface area contributed by atoms with Gasteiger partial charge in [-0.1, -0.05) is 30.3 Å². The fourth-order valence-corrected chi connectivity index (χ4v) is 2.99. The van der Waals surface area contributed by atoms with Crippen molar-refractivity contribution in [2.45, 2.75) is 19.1 Å². The number of carbonyl (C=O) groups is 1. The first-order valence-electron chi connectivity index (χ1n) is 8.41. The number of fused-ring (bicyclic) bond motifs is 1. The van der Waals surface area contributed by atoms with Gasteiger partial charge in [0.05, 0.1) is 11.1 Å². The molecule has 1 aromatic carbocycles. The van der Waals surface area contributed by atoms with E-state index in [9.17, 15) is 9.90 Å². The predicted molar refractivity (Wildman–Crippen MR) is 97.3 cm³/mol. The number of aliphatic hydroxyl groups is 1. The molecular formula is C19H20N4O2. The van der Waals surface area contributed by atoms with E-state index in [1.54, 1.807) is 13.2 Å². The second kappa shape index (κ2) is 6.22. The van der Waals surface area contributed by atoms with Gasteiger partial charge in [0.2, 0.25) is 0 Å². The number of aromatic nitrogens is 2. The van der Waals surface area contributed by atoms with Gasteiger partial charge in [0.25, 0.3) is 5.91 Å². The van der Waals surface area contributed by atoms with Crippen LogP contribution < -0.4 is 10.6 Å². The molecule has 0 radical (unpaired) electrons. The minimum atomic E-state index is -0.620. The van der Waals surface area contributed by atoms with E-state index in [1.165, 1.54) is 0 Å². The summed E-state index contributed by atoms with van der Waals surface area (Å²) in [7, 11) is 1.60. The molecule has 1 aliphatic rings. The van der Waals surface area contributed by atoms with Crippen LogP contribution in [0.15, 0.2) is 42.6 Å². The average molecular weight is 336 g/mol. The summed E-state index contributed by atoms with van der Waals surface area (Å²) in [4.78, 5) is 19.9. The number of hydrogen-bond acceptors (Lipinski definition) is 4. The molecule has 6 nitrogen and oxygen atoms in total. The molecule has 1 saturated carbocycles. The first-order valence-corrected chi connectivity index (χ1v) is 8.41. The highest BCUT2D eigenvalue weighted by atomic mass is 16.3. The number of nitrogens with one attached hydrogen (secondary N) is 3. The van der Waals surface area contributed by atoms with Crippen molar-refractivity contribution in [3.63, 3.8) is 0 Å². The van der Waals surface area contributed by atoms with Crippen molar-refractivity contribution in [2.24, 2.45) is 5.92 Å². The van der Waals surface area contributed by atoms with Gasteiger partial charge >= 0.3 is 0 Å². The lowest BCUT2D eigenvalue weighted by Crippen LogP contribution is -2.22. The Kier molecular flexibility index (Phi) is 3.89. The molecule has 1 aliphatic carbocycles. The van der Waals surface area contributed by atoms with Gasteiger partial charge in [-0.15, -0.1) is 0 Å². The van der Waals surface area contributed by atoms with Gasteiger partial charge in [0.15, 0.2) is 5.82 Å². The van der Waals surface area contributed by atoms with Crippen LogP contribution in [-0.2, 0) is 0 Å². The summed E-state index contributed by atoms with van der Waals surface area (Å²) in [5.41, 5.74) is 3.15. The van der Waals surface area contributed by atoms with Crippen molar-refractivity contribution in [1.82, 2.24) is 15.3 Å². The normalized spacial score (nSPS) is 15.1. The minimum absolute atomic E-state index is 0.189. The van der Waals surface area contributed by atoms with Crippen molar-refractivity contribution < 1.29 is 9.90 Å². The van der Waals surface area contributed by atoms with Crippen LogP contribution in [0.1, 0.15) is 23.2 Å². The van der Waals surface area contributed by atoms with E-state index in [2.05, 4.69) is 20.6 Å². The monoisotopic (exact) mass is 336 g/mol. The number of hydrogen-bond donors (Lipinski definition) is 4. The maximum atomic E-state index is 12.2. The zero-order valence-electron chi connectivity index (χ0n) is 13.9. The highest BCUT2D eigenvalue weighted by molar-refractivity contribution is 6.09. The number of nitrogens with zero attached hydrogens (tertiary/aromatic N) is 1. The minimum Gasteiger partial charge on any atom is -0.373 e. The largest absolute Gasteiger partial charge is 0.373 e. The molecular weight excluding hydrogens is 316 g/mol. The van der Waals surface area contributed by atoms with Crippen molar-refractivity contribution in [3.05, 3.63) is 48.2 Å². The van der Waals surface area contributed by atoms with Crippen molar-refractivity contribution in [3.8, 4) is 11.3 Å². The zero-order chi connectivity index (χ0) is 17.4. The Morgan fingerprint density at radius 3 is 2.76 bits per heavy atom. The van der Waals surface area contributed by atoms with Crippen LogP contribution >= 0.6 is 0 Å². The van der Waals surface area contributed by atoms with Gasteiger partial charge in [-0.25, -0.2) is 4.98 Å². The first kappa shape index (κ1) is 15.7. The lowest BCUT2D eigenvalue weighted by molar-refractivity contribution is 0.0964. The SMILES string of the molecule is CNC(=O)c1cnc(NC(O)C2CC2)c2[nH]c(-c3ccccc3)cc12. The number of aliphatic hydroxyl groups excluding tert-OH is 1. The lowest BCUT2D eigenvalue weighted by Gasteiger charge is -2.14. The van der Waals surface area contributed by atoms with E-state index in [4.69, 9.17) is 0 Å². The van der Waals surface area contributed by atoms with Crippen LogP contribution in [-0.4, -0.2) is 34.3 Å². The van der Waals surface area contributed by atoms with Crippen LogP contribution in [0.4, 0.5) is 5.82 Å². The van der Waals surface area contributed by atoms with Gasteiger partial charge in [0, 0.05) is 30.2 Å². The van der Waals surface area contributed by atoms with Crippen LogP contribution in [0.5, 0.6) is 0 Å². The third kappa shape index (κ3) is 2.96. The van der Waals surface area contributed by atoms with E-state index in [0.29, 0.717) is 11.4 Å². The molecule has 0 aliphatic heterocycles. The smallest absolute Gasteiger partial charge is 0.253 e. The molecule has 128 valence electrons. The maximum Gasteiger partial charge on any atom is 0.253 e. The van der Waals surface area contributed by atoms with Crippen molar-refractivity contribution >= 4 is 22.6 Å². The third-order valence-electron chi connectivity index (χ3n) is 4.58. The molecule has 3 aromatic rings. The number of rotatable bonds is 5. The summed E-state index contributed by atoms with van der Waals surface area (Å²) < 4.78 is 0. The summed E-state index contributed by atoms with van der Waals surface area (Å²) in [6.45, 7) is 0. The summed E-state index contributed by atoms with van der Waals surface area (Å²) in [6.07, 6.45) is 2.97. The van der Waals surface area contributed by atoms with Crippen LogP contribution in [0.3, 0.4) is 0 Å². The standard InChI is InChI=1S/C19H20N4O2/c1-20-19(25)14-10-21-17(23-18(24)12-7-8-12)16-13(14)9-15(22-16)11-5-3-2-4-6-11/h2-6,9-10,12,18,22,24H,7-8H2,1H3,(H,20,25)(H,21,23). The predicted octanol–water partition coefficient (Wildman–Crippen LogP) is 2.73. The topological polar surface area (TPSA) is 90.0 Å². The van der Waals surface area contributed by atoms with Gasteiger partial charge in [-0.3, -0.25) is 4.79 Å². The van der Waals surface area contributed by atoms with E-state index in [-0.39, 0.29) is 11.8 Å². The van der Waals surface area contributed by atoms with Crippen molar-refractivity contribution in [1.29, 1.82) is 0 Å². The highest BCUT2D eigenvalue weighted by Gasteiger charge is 2.30. The van der Waals surface area contributed by atoms with Crippen LogP contribution in [0, 0.1) is 5.92 Å². The molecule has 1 unspecified atom stereocenters. The Bertz CT molecular complexity index is 916. The molecule has 1 amide bonds. The van der Waals surface area contributed by atoms with Crippen molar-refractivity contribution in [2.75, 3.05) is 12.4 Å². The quantitative estimate of drug-likeness (QED) is 0.539. The number of carbonyl (C=O) groups excluding carboxylic acids is 1. The fraction of sp³-hybridized carbons (Fsp3) is 0.263. The number of pyridine rings is 1. The van der Waals surface area contributed by atoms with E-state index in [0.717, 1.165) is 35.0 Å². The van der Waals surface area contributed by atoms with Gasteiger partial charge < -0.3 is 20.7 Å². The zero-order valence-corrected chi connectivity index (χ0v) is 13.9. The molecule has 1 fully saturated rings. The van der Waals surface area contributed by atoms with E-state index < -0.39 is 6.23 Å². The lowest BCUT2D eigenvalue weighted by atomic mass is 10.1. The summed E-state index contributed by atoms with van der Waals surface area (Å²) in [5.74, 6) is 0.647. The van der Waals surface area contributed by atoms with E-state index >= 15 is 0 Å². The van der Waals surface area contributed by atoms with Crippen LogP contribution in [0.2, 0.25) is 0 Å². The second-order valence-corrected chi connectivity index (χ2v) is 6.36. The molecule has 4 rings (SSSR count). The highest BCUT2D eigenvalue weighted by Crippen LogP contribution is 2.35. The molecule has 0 bridgehead atoms. The Morgan fingerprint density at radius 2 is 2.08 bits per heavy atom. The molecule has 2 aromatic heterocycles. The number of H-pyrrole nitrogens is 1. The molecule has 4 N–H and O–H groups in total. The molecule has 0 spiro atoms. The molecule has 2 heterocycles. The fourth-order valence-electron chi connectivity index (χ4n) is 2.99. The van der Waals surface area contributed by atoms with Gasteiger partial charge in [0.1, 0.15) is 6.23 Å². The Morgan fingerprint density at radius 1 is 1.32 bits per heavy atom. The number of amides is 1. The maximum absolute atomic E-state index is 12.2. The summed E-state index contributed by atoms with van der Waals surface area (Å²) >= 11 is 0. The number of aromatic amines is 1. The Hall–Kier alpha value is -2.86. The Balaban J connectivity index is 1.83. The van der Waals surface area contributed by atoms with Gasteiger partial charge in [-0.2, -0.15) is 0 Å². The number of anilines is 1. The molecule has 1 atom stereocenters. The molecule has 6 heteroatoms. The van der Waals surface area contributed by atoms with Crippen LogP contribution in [0.25, 0.3) is 22.2 Å². The second-order valence-electron chi connectivity index (χ2n) is 6.36. The summed E-state index contributed by atoms with van der Waals surface area (Å²) in [5, 5.41) is 16.7. The number of benzene rings is 1.